The molecule has 0 spiro atoms. The Balaban J connectivity index is 3.72. The van der Waals surface area contributed by atoms with Crippen LogP contribution in [-0.4, -0.2) is 16.9 Å². The van der Waals surface area contributed by atoms with Crippen LogP contribution in [0.4, 0.5) is 0 Å². The van der Waals surface area contributed by atoms with Gasteiger partial charge in [0, 0.05) is 0 Å². The van der Waals surface area contributed by atoms with E-state index in [2.05, 4.69) is 15.9 Å². The Morgan fingerprint density at radius 2 is 2.08 bits per heavy atom. The fourth-order valence-corrected chi connectivity index (χ4v) is 0.666. The van der Waals surface area contributed by atoms with Gasteiger partial charge in [-0.05, 0) is 20.3 Å². The standard InChI is InChI=1S/C9H17BrO2/c1-5-7(2)8(11)12-6-9(3,4)10/h7H,5-6H2,1-4H3. The Kier molecular flexibility index (Phi) is 4.83. The van der Waals surface area contributed by atoms with Gasteiger partial charge >= 0.3 is 5.97 Å². The van der Waals surface area contributed by atoms with Gasteiger partial charge in [-0.25, -0.2) is 0 Å². The molecule has 3 heteroatoms. The Morgan fingerprint density at radius 1 is 1.58 bits per heavy atom. The molecular weight excluding hydrogens is 220 g/mol. The van der Waals surface area contributed by atoms with Crippen LogP contribution in [0.2, 0.25) is 0 Å². The minimum absolute atomic E-state index is 0.0137. The smallest absolute Gasteiger partial charge is 0.308 e. The first-order chi connectivity index (χ1) is 5.37. The first-order valence-corrected chi connectivity index (χ1v) is 5.01. The van der Waals surface area contributed by atoms with E-state index < -0.39 is 0 Å². The maximum atomic E-state index is 11.2. The van der Waals surface area contributed by atoms with Crippen molar-refractivity contribution in [3.8, 4) is 0 Å². The number of ether oxygens (including phenoxy) is 1. The number of carbonyl (C=O) groups is 1. The summed E-state index contributed by atoms with van der Waals surface area (Å²) < 4.78 is 4.96. The van der Waals surface area contributed by atoms with Gasteiger partial charge in [0.2, 0.25) is 0 Å². The van der Waals surface area contributed by atoms with Gasteiger partial charge < -0.3 is 4.74 Å². The predicted octanol–water partition coefficient (Wildman–Crippen LogP) is 2.75. The van der Waals surface area contributed by atoms with Gasteiger partial charge in [0.25, 0.3) is 0 Å². The summed E-state index contributed by atoms with van der Waals surface area (Å²) in [6, 6.07) is 0. The number of hydrogen-bond acceptors (Lipinski definition) is 2. The Labute approximate surface area is 82.8 Å². The summed E-state index contributed by atoms with van der Waals surface area (Å²) in [7, 11) is 0. The Morgan fingerprint density at radius 3 is 2.42 bits per heavy atom. The zero-order valence-corrected chi connectivity index (χ0v) is 9.77. The Hall–Kier alpha value is -0.0500. The molecule has 0 radical (unpaired) electrons. The van der Waals surface area contributed by atoms with E-state index in [4.69, 9.17) is 4.74 Å². The molecule has 0 aromatic rings. The molecule has 1 unspecified atom stereocenters. The maximum Gasteiger partial charge on any atom is 0.308 e. The predicted molar refractivity (Wildman–Crippen MR) is 53.4 cm³/mol. The van der Waals surface area contributed by atoms with Crippen LogP contribution in [0.15, 0.2) is 0 Å². The number of halogens is 1. The zero-order chi connectivity index (χ0) is 9.78. The van der Waals surface area contributed by atoms with Gasteiger partial charge in [-0.3, -0.25) is 4.79 Å². The number of carbonyl (C=O) groups excluding carboxylic acids is 1. The highest BCUT2D eigenvalue weighted by molar-refractivity contribution is 9.10. The average Bonchev–Trinajstić information content (AvgIpc) is 1.97. The molecule has 12 heavy (non-hydrogen) atoms. The summed E-state index contributed by atoms with van der Waals surface area (Å²) in [4.78, 5) is 11.2. The molecule has 0 rings (SSSR count). The first-order valence-electron chi connectivity index (χ1n) is 4.22. The van der Waals surface area contributed by atoms with E-state index >= 15 is 0 Å². The fourth-order valence-electron chi connectivity index (χ4n) is 0.552. The fraction of sp³-hybridized carbons (Fsp3) is 0.889. The van der Waals surface area contributed by atoms with Crippen LogP contribution in [0.3, 0.4) is 0 Å². The van der Waals surface area contributed by atoms with Crippen molar-refractivity contribution in [3.63, 3.8) is 0 Å². The van der Waals surface area contributed by atoms with Crippen LogP contribution in [0.25, 0.3) is 0 Å². The summed E-state index contributed by atoms with van der Waals surface area (Å²) in [5.74, 6) is -0.0927. The first kappa shape index (κ1) is 11.9. The Bertz CT molecular complexity index is 149. The lowest BCUT2D eigenvalue weighted by atomic mass is 10.1. The van der Waals surface area contributed by atoms with Crippen molar-refractivity contribution in [1.82, 2.24) is 0 Å². The summed E-state index contributed by atoms with van der Waals surface area (Å²) in [6.45, 7) is 8.22. The third-order valence-electron chi connectivity index (χ3n) is 1.57. The molecule has 0 fully saturated rings. The van der Waals surface area contributed by atoms with Crippen molar-refractivity contribution in [2.24, 2.45) is 5.92 Å². The highest BCUT2D eigenvalue weighted by Crippen LogP contribution is 2.16. The number of rotatable bonds is 4. The van der Waals surface area contributed by atoms with E-state index in [1.165, 1.54) is 0 Å². The van der Waals surface area contributed by atoms with E-state index in [-0.39, 0.29) is 16.2 Å². The average molecular weight is 237 g/mol. The van der Waals surface area contributed by atoms with E-state index in [1.54, 1.807) is 0 Å². The summed E-state index contributed by atoms with van der Waals surface area (Å²) in [6.07, 6.45) is 0.835. The van der Waals surface area contributed by atoms with E-state index in [1.807, 2.05) is 27.7 Å². The van der Waals surface area contributed by atoms with Gasteiger partial charge in [-0.15, -0.1) is 0 Å². The van der Waals surface area contributed by atoms with Crippen LogP contribution >= 0.6 is 15.9 Å². The van der Waals surface area contributed by atoms with Crippen LogP contribution in [-0.2, 0) is 9.53 Å². The molecule has 0 aliphatic rings. The molecule has 0 aliphatic carbocycles. The quantitative estimate of drug-likeness (QED) is 0.555. The van der Waals surface area contributed by atoms with Crippen molar-refractivity contribution in [1.29, 1.82) is 0 Å². The maximum absolute atomic E-state index is 11.2. The SMILES string of the molecule is CCC(C)C(=O)OCC(C)(C)Br. The molecule has 0 amide bonds. The second kappa shape index (κ2) is 4.85. The molecule has 0 aromatic heterocycles. The molecule has 2 nitrogen and oxygen atoms in total. The highest BCUT2D eigenvalue weighted by atomic mass is 79.9. The lowest BCUT2D eigenvalue weighted by Gasteiger charge is -2.17. The van der Waals surface area contributed by atoms with Gasteiger partial charge in [0.15, 0.2) is 0 Å². The van der Waals surface area contributed by atoms with E-state index in [0.717, 1.165) is 6.42 Å². The monoisotopic (exact) mass is 236 g/mol. The largest absolute Gasteiger partial charge is 0.464 e. The molecule has 0 heterocycles. The van der Waals surface area contributed by atoms with Crippen LogP contribution in [0, 0.1) is 5.92 Å². The summed E-state index contributed by atoms with van der Waals surface area (Å²) in [5, 5.41) is 0. The number of hydrogen-bond donors (Lipinski definition) is 0. The number of esters is 1. The van der Waals surface area contributed by atoms with Crippen molar-refractivity contribution in [2.45, 2.75) is 38.4 Å². The molecule has 0 saturated heterocycles. The van der Waals surface area contributed by atoms with Crippen molar-refractivity contribution < 1.29 is 9.53 Å². The van der Waals surface area contributed by atoms with Crippen molar-refractivity contribution in [2.75, 3.05) is 6.61 Å². The number of alkyl halides is 1. The second-order valence-corrected chi connectivity index (χ2v) is 5.78. The lowest BCUT2D eigenvalue weighted by Crippen LogP contribution is -2.24. The van der Waals surface area contributed by atoms with Gasteiger partial charge in [-0.1, -0.05) is 29.8 Å². The third-order valence-corrected chi connectivity index (χ3v) is 1.80. The minimum Gasteiger partial charge on any atom is -0.464 e. The normalized spacial score (nSPS) is 14.1. The molecule has 0 N–H and O–H groups in total. The lowest BCUT2D eigenvalue weighted by molar-refractivity contribution is -0.148. The van der Waals surface area contributed by atoms with E-state index in [9.17, 15) is 4.79 Å². The highest BCUT2D eigenvalue weighted by Gasteiger charge is 2.18. The second-order valence-electron chi connectivity index (χ2n) is 3.64. The van der Waals surface area contributed by atoms with E-state index in [0.29, 0.717) is 6.61 Å². The van der Waals surface area contributed by atoms with Crippen molar-refractivity contribution >= 4 is 21.9 Å². The summed E-state index contributed by atoms with van der Waals surface area (Å²) in [5.41, 5.74) is 0. The molecule has 1 atom stereocenters. The summed E-state index contributed by atoms with van der Waals surface area (Å²) >= 11 is 3.40. The topological polar surface area (TPSA) is 26.3 Å². The molecule has 0 aromatic carbocycles. The van der Waals surface area contributed by atoms with Crippen LogP contribution in [0.5, 0.6) is 0 Å². The van der Waals surface area contributed by atoms with Crippen LogP contribution in [0.1, 0.15) is 34.1 Å². The molecular formula is C9H17BrO2. The van der Waals surface area contributed by atoms with Crippen LogP contribution < -0.4 is 0 Å². The molecule has 72 valence electrons. The minimum atomic E-state index is -0.115. The third kappa shape index (κ3) is 5.58. The van der Waals surface area contributed by atoms with Gasteiger partial charge in [-0.2, -0.15) is 0 Å². The zero-order valence-electron chi connectivity index (χ0n) is 8.19. The van der Waals surface area contributed by atoms with Gasteiger partial charge in [0.1, 0.15) is 6.61 Å². The van der Waals surface area contributed by atoms with Crippen molar-refractivity contribution in [3.05, 3.63) is 0 Å². The molecule has 0 bridgehead atoms. The molecule has 0 aliphatic heterocycles. The van der Waals surface area contributed by atoms with Gasteiger partial charge in [0.05, 0.1) is 10.2 Å². The molecule has 0 saturated carbocycles.